The first-order chi connectivity index (χ1) is 12.6. The molecule has 0 saturated carbocycles. The smallest absolute Gasteiger partial charge is 0.305 e. The van der Waals surface area contributed by atoms with Crippen molar-refractivity contribution in [3.8, 4) is 0 Å². The van der Waals surface area contributed by atoms with Crippen molar-refractivity contribution in [1.82, 2.24) is 0 Å². The summed E-state index contributed by atoms with van der Waals surface area (Å²) in [6.45, 7) is 3.19. The minimum Gasteiger partial charge on any atom is -0.456 e. The maximum Gasteiger partial charge on any atom is 0.305 e. The summed E-state index contributed by atoms with van der Waals surface area (Å²) >= 11 is 0. The van der Waals surface area contributed by atoms with E-state index in [9.17, 15) is 24.3 Å². The van der Waals surface area contributed by atoms with Crippen LogP contribution in [0.15, 0.2) is 5.11 Å². The van der Waals surface area contributed by atoms with E-state index in [1.165, 1.54) is 0 Å². The third kappa shape index (κ3) is 5.29. The van der Waals surface area contributed by atoms with E-state index < -0.39 is 60.8 Å². The number of ether oxygens (including phenoxy) is 5. The van der Waals surface area contributed by atoms with Gasteiger partial charge >= 0.3 is 23.9 Å². The lowest BCUT2D eigenvalue weighted by molar-refractivity contribution is -0.334. The standard InChI is InChI=1S/C14H19N3O10/c1-6(19)23-11-10(5-18)26-13(25-8(3)21)14(16-17-15,27-9(4)22)12(11)24-7(2)20/h10-13,18H,5H2,1-4H3/t10-,11-,12+,13-,14-/m1/s1. The molecule has 0 amide bonds. The van der Waals surface area contributed by atoms with Crippen molar-refractivity contribution in [3.63, 3.8) is 0 Å². The Labute approximate surface area is 153 Å². The number of hydrogen-bond donors (Lipinski definition) is 1. The second-order valence-electron chi connectivity index (χ2n) is 5.44. The molecular formula is C14H19N3O10. The molecule has 1 fully saturated rings. The fourth-order valence-corrected chi connectivity index (χ4v) is 2.50. The molecule has 1 saturated heterocycles. The van der Waals surface area contributed by atoms with Crippen LogP contribution >= 0.6 is 0 Å². The first kappa shape index (κ1) is 22.2. The number of esters is 4. The van der Waals surface area contributed by atoms with Gasteiger partial charge in [-0.1, -0.05) is 0 Å². The van der Waals surface area contributed by atoms with Crippen LogP contribution in [0.4, 0.5) is 0 Å². The van der Waals surface area contributed by atoms with Crippen LogP contribution in [0.2, 0.25) is 0 Å². The van der Waals surface area contributed by atoms with Crippen LogP contribution in [0, 0.1) is 0 Å². The summed E-state index contributed by atoms with van der Waals surface area (Å²) < 4.78 is 25.4. The van der Waals surface area contributed by atoms with E-state index in [4.69, 9.17) is 29.2 Å². The third-order valence-electron chi connectivity index (χ3n) is 3.26. The fraction of sp³-hybridized carbons (Fsp3) is 0.714. The number of carbonyl (C=O) groups excluding carboxylic acids is 4. The van der Waals surface area contributed by atoms with Crippen molar-refractivity contribution in [1.29, 1.82) is 0 Å². The molecule has 5 atom stereocenters. The number of azide groups is 1. The lowest BCUT2D eigenvalue weighted by atomic mass is 9.93. The van der Waals surface area contributed by atoms with Gasteiger partial charge in [0.15, 0.2) is 12.2 Å². The van der Waals surface area contributed by atoms with Crippen molar-refractivity contribution in [3.05, 3.63) is 10.4 Å². The molecule has 0 aliphatic carbocycles. The summed E-state index contributed by atoms with van der Waals surface area (Å²) in [7, 11) is 0. The van der Waals surface area contributed by atoms with Crippen LogP contribution in [0.1, 0.15) is 27.7 Å². The topological polar surface area (TPSA) is 183 Å². The van der Waals surface area contributed by atoms with Crippen molar-refractivity contribution < 1.29 is 48.0 Å². The normalized spacial score (nSPS) is 29.7. The molecule has 1 N–H and O–H groups in total. The number of aliphatic hydroxyl groups is 1. The van der Waals surface area contributed by atoms with Gasteiger partial charge in [0.05, 0.1) is 6.61 Å². The van der Waals surface area contributed by atoms with Crippen LogP contribution in [0.25, 0.3) is 10.4 Å². The Morgan fingerprint density at radius 2 is 1.59 bits per heavy atom. The second kappa shape index (κ2) is 9.16. The average Bonchev–Trinajstić information content (AvgIpc) is 2.52. The van der Waals surface area contributed by atoms with E-state index in [1.54, 1.807) is 0 Å². The monoisotopic (exact) mass is 389 g/mol. The summed E-state index contributed by atoms with van der Waals surface area (Å²) in [5, 5.41) is 12.9. The van der Waals surface area contributed by atoms with Crippen molar-refractivity contribution in [2.75, 3.05) is 6.61 Å². The van der Waals surface area contributed by atoms with Gasteiger partial charge < -0.3 is 28.8 Å². The van der Waals surface area contributed by atoms with E-state index in [1.807, 2.05) is 0 Å². The van der Waals surface area contributed by atoms with E-state index in [0.717, 1.165) is 27.7 Å². The highest BCUT2D eigenvalue weighted by Crippen LogP contribution is 2.39. The van der Waals surface area contributed by atoms with Crippen LogP contribution < -0.4 is 0 Å². The van der Waals surface area contributed by atoms with Gasteiger partial charge in [-0.3, -0.25) is 19.2 Å². The summed E-state index contributed by atoms with van der Waals surface area (Å²) in [6, 6.07) is 0. The number of hydrogen-bond acceptors (Lipinski definition) is 11. The van der Waals surface area contributed by atoms with Gasteiger partial charge in [0.1, 0.15) is 6.10 Å². The predicted octanol–water partition coefficient (Wildman–Crippen LogP) is -0.300. The number of carbonyl (C=O) groups is 4. The molecule has 1 aliphatic rings. The third-order valence-corrected chi connectivity index (χ3v) is 3.26. The Bertz CT molecular complexity index is 662. The Balaban J connectivity index is 3.64. The zero-order valence-corrected chi connectivity index (χ0v) is 15.0. The maximum atomic E-state index is 11.6. The molecule has 0 aromatic heterocycles. The molecule has 0 spiro atoms. The van der Waals surface area contributed by atoms with Gasteiger partial charge in [-0.15, -0.1) is 0 Å². The summed E-state index contributed by atoms with van der Waals surface area (Å²) in [5.41, 5.74) is 6.41. The van der Waals surface area contributed by atoms with Crippen LogP contribution in [-0.4, -0.2) is 65.9 Å². The van der Waals surface area contributed by atoms with Crippen molar-refractivity contribution in [2.24, 2.45) is 5.11 Å². The molecule has 27 heavy (non-hydrogen) atoms. The molecule has 0 bridgehead atoms. The Hall–Kier alpha value is -2.89. The summed E-state index contributed by atoms with van der Waals surface area (Å²) in [6.07, 6.45) is -6.59. The van der Waals surface area contributed by atoms with Gasteiger partial charge in [0.2, 0.25) is 0 Å². The molecule has 1 heterocycles. The first-order valence-corrected chi connectivity index (χ1v) is 7.61. The van der Waals surface area contributed by atoms with E-state index in [0.29, 0.717) is 0 Å². The quantitative estimate of drug-likeness (QED) is 0.208. The Morgan fingerprint density at radius 1 is 1.04 bits per heavy atom. The minimum atomic E-state index is -2.55. The van der Waals surface area contributed by atoms with Crippen molar-refractivity contribution in [2.45, 2.75) is 58.0 Å². The molecular weight excluding hydrogens is 370 g/mol. The van der Waals surface area contributed by atoms with E-state index in [-0.39, 0.29) is 0 Å². The zero-order chi connectivity index (χ0) is 20.8. The maximum absolute atomic E-state index is 11.6. The van der Waals surface area contributed by atoms with Gasteiger partial charge in [-0.05, 0) is 10.6 Å². The number of rotatable bonds is 6. The van der Waals surface area contributed by atoms with Gasteiger partial charge in [0, 0.05) is 32.6 Å². The lowest BCUT2D eigenvalue weighted by Gasteiger charge is -2.48. The van der Waals surface area contributed by atoms with Gasteiger partial charge in [0.25, 0.3) is 12.0 Å². The van der Waals surface area contributed by atoms with Crippen LogP contribution in [0.5, 0.6) is 0 Å². The molecule has 13 nitrogen and oxygen atoms in total. The second-order valence-corrected chi connectivity index (χ2v) is 5.44. The zero-order valence-electron chi connectivity index (χ0n) is 15.0. The molecule has 0 radical (unpaired) electrons. The Morgan fingerprint density at radius 3 is 2.00 bits per heavy atom. The summed E-state index contributed by atoms with van der Waals surface area (Å²) in [4.78, 5) is 48.7. The molecule has 0 aromatic carbocycles. The van der Waals surface area contributed by atoms with Crippen LogP contribution in [0.3, 0.4) is 0 Å². The fourth-order valence-electron chi connectivity index (χ4n) is 2.50. The highest BCUT2D eigenvalue weighted by Gasteiger charge is 2.64. The lowest BCUT2D eigenvalue weighted by Crippen LogP contribution is -2.69. The first-order valence-electron chi connectivity index (χ1n) is 7.61. The predicted molar refractivity (Wildman–Crippen MR) is 82.3 cm³/mol. The molecule has 1 rings (SSSR count). The number of nitrogens with zero attached hydrogens (tertiary/aromatic N) is 3. The van der Waals surface area contributed by atoms with E-state index >= 15 is 0 Å². The van der Waals surface area contributed by atoms with Gasteiger partial charge in [-0.25, -0.2) is 0 Å². The average molecular weight is 389 g/mol. The summed E-state index contributed by atoms with van der Waals surface area (Å²) in [5.74, 6) is -3.72. The number of aliphatic hydroxyl groups excluding tert-OH is 1. The highest BCUT2D eigenvalue weighted by molar-refractivity contribution is 5.69. The molecule has 150 valence electrons. The molecule has 0 aromatic rings. The molecule has 0 unspecified atom stereocenters. The molecule has 13 heteroatoms. The van der Waals surface area contributed by atoms with Gasteiger partial charge in [-0.2, -0.15) is 0 Å². The highest BCUT2D eigenvalue weighted by atomic mass is 16.8. The molecule has 1 aliphatic heterocycles. The SMILES string of the molecule is CC(=O)O[C@@H]1[C@@H](CO)O[C@@H](OC(C)=O)[C@](N=[N+]=[N-])(OC(C)=O)[C@H]1OC(C)=O. The largest absolute Gasteiger partial charge is 0.456 e. The van der Waals surface area contributed by atoms with Crippen molar-refractivity contribution >= 4 is 23.9 Å². The minimum absolute atomic E-state index is 0.764. The van der Waals surface area contributed by atoms with Crippen LogP contribution in [-0.2, 0) is 42.9 Å². The van der Waals surface area contributed by atoms with E-state index in [2.05, 4.69) is 10.0 Å². The Kier molecular flexibility index (Phi) is 7.52.